The van der Waals surface area contributed by atoms with Crippen LogP contribution < -0.4 is 10.1 Å². The first-order chi connectivity index (χ1) is 7.29. The number of nitrogens with zero attached hydrogens (tertiary/aromatic N) is 1. The van der Waals surface area contributed by atoms with Crippen LogP contribution in [0, 0.1) is 0 Å². The van der Waals surface area contributed by atoms with Crippen LogP contribution in [0.3, 0.4) is 0 Å². The SMILES string of the molecule is COc1ccccc1NC1=NC[C@H](C)S1. The minimum Gasteiger partial charge on any atom is -0.495 e. The van der Waals surface area contributed by atoms with Gasteiger partial charge in [-0.3, -0.25) is 4.99 Å². The third-order valence-corrected chi connectivity index (χ3v) is 3.16. The number of anilines is 1. The number of rotatable bonds is 2. The van der Waals surface area contributed by atoms with Crippen LogP contribution in [0.1, 0.15) is 6.92 Å². The molecule has 15 heavy (non-hydrogen) atoms. The predicted octanol–water partition coefficient (Wildman–Crippen LogP) is 2.60. The molecule has 0 spiro atoms. The highest BCUT2D eigenvalue weighted by atomic mass is 32.2. The van der Waals surface area contributed by atoms with E-state index in [4.69, 9.17) is 4.74 Å². The fourth-order valence-electron chi connectivity index (χ4n) is 1.41. The number of hydrogen-bond acceptors (Lipinski definition) is 4. The van der Waals surface area contributed by atoms with Gasteiger partial charge in [-0.2, -0.15) is 0 Å². The molecule has 0 radical (unpaired) electrons. The molecule has 1 atom stereocenters. The second-order valence-electron chi connectivity index (χ2n) is 3.40. The van der Waals surface area contributed by atoms with Gasteiger partial charge >= 0.3 is 0 Å². The molecule has 0 unspecified atom stereocenters. The lowest BCUT2D eigenvalue weighted by Gasteiger charge is -2.10. The van der Waals surface area contributed by atoms with Crippen LogP contribution in [0.15, 0.2) is 29.3 Å². The van der Waals surface area contributed by atoms with Crippen LogP contribution in [-0.2, 0) is 0 Å². The van der Waals surface area contributed by atoms with Crippen LogP contribution in [0.2, 0.25) is 0 Å². The molecule has 0 bridgehead atoms. The fraction of sp³-hybridized carbons (Fsp3) is 0.364. The van der Waals surface area contributed by atoms with Crippen molar-refractivity contribution >= 4 is 22.6 Å². The van der Waals surface area contributed by atoms with Crippen molar-refractivity contribution in [2.45, 2.75) is 12.2 Å². The van der Waals surface area contributed by atoms with E-state index < -0.39 is 0 Å². The van der Waals surface area contributed by atoms with Gasteiger partial charge in [0.15, 0.2) is 5.17 Å². The van der Waals surface area contributed by atoms with Gasteiger partial charge in [0, 0.05) is 5.25 Å². The van der Waals surface area contributed by atoms with Crippen LogP contribution >= 0.6 is 11.8 Å². The van der Waals surface area contributed by atoms with E-state index in [-0.39, 0.29) is 0 Å². The smallest absolute Gasteiger partial charge is 0.161 e. The van der Waals surface area contributed by atoms with E-state index in [0.717, 1.165) is 23.1 Å². The van der Waals surface area contributed by atoms with Gasteiger partial charge in [-0.1, -0.05) is 30.8 Å². The Hall–Kier alpha value is -1.16. The molecule has 0 saturated heterocycles. The summed E-state index contributed by atoms with van der Waals surface area (Å²) in [5.41, 5.74) is 0.973. The first kappa shape index (κ1) is 10.4. The molecular weight excluding hydrogens is 208 g/mol. The maximum absolute atomic E-state index is 5.26. The van der Waals surface area contributed by atoms with Crippen molar-refractivity contribution in [3.63, 3.8) is 0 Å². The average molecular weight is 222 g/mol. The first-order valence-electron chi connectivity index (χ1n) is 4.90. The number of nitrogens with one attached hydrogen (secondary N) is 1. The lowest BCUT2D eigenvalue weighted by molar-refractivity contribution is 0.417. The third-order valence-electron chi connectivity index (χ3n) is 2.15. The minimum atomic E-state index is 0.571. The summed E-state index contributed by atoms with van der Waals surface area (Å²) < 4.78 is 5.26. The molecule has 0 aliphatic carbocycles. The molecule has 0 fully saturated rings. The molecule has 1 heterocycles. The van der Waals surface area contributed by atoms with E-state index in [1.54, 1.807) is 18.9 Å². The lowest BCUT2D eigenvalue weighted by Crippen LogP contribution is -2.06. The third kappa shape index (κ3) is 2.45. The maximum Gasteiger partial charge on any atom is 0.161 e. The summed E-state index contributed by atoms with van der Waals surface area (Å²) in [7, 11) is 1.67. The Morgan fingerprint density at radius 3 is 2.93 bits per heavy atom. The fourth-order valence-corrected chi connectivity index (χ4v) is 2.26. The number of methoxy groups -OCH3 is 1. The van der Waals surface area contributed by atoms with Crippen molar-refractivity contribution in [1.82, 2.24) is 0 Å². The summed E-state index contributed by atoms with van der Waals surface area (Å²) >= 11 is 1.76. The molecule has 2 rings (SSSR count). The predicted molar refractivity (Wildman–Crippen MR) is 66.0 cm³/mol. The highest BCUT2D eigenvalue weighted by Crippen LogP contribution is 2.27. The monoisotopic (exact) mass is 222 g/mol. The maximum atomic E-state index is 5.26. The Labute approximate surface area is 93.9 Å². The van der Waals surface area contributed by atoms with E-state index in [1.807, 2.05) is 24.3 Å². The lowest BCUT2D eigenvalue weighted by atomic mass is 10.3. The van der Waals surface area contributed by atoms with Crippen molar-refractivity contribution in [1.29, 1.82) is 0 Å². The summed E-state index contributed by atoms with van der Waals surface area (Å²) in [5, 5.41) is 4.83. The highest BCUT2D eigenvalue weighted by molar-refractivity contribution is 8.15. The van der Waals surface area contributed by atoms with Gasteiger partial charge in [0.1, 0.15) is 5.75 Å². The highest BCUT2D eigenvalue weighted by Gasteiger charge is 2.15. The Balaban J connectivity index is 2.10. The summed E-state index contributed by atoms with van der Waals surface area (Å²) in [5.74, 6) is 0.848. The summed E-state index contributed by atoms with van der Waals surface area (Å²) in [6.45, 7) is 3.06. The van der Waals surface area contributed by atoms with E-state index in [1.165, 1.54) is 0 Å². The second kappa shape index (κ2) is 4.57. The van der Waals surface area contributed by atoms with Gasteiger partial charge < -0.3 is 10.1 Å². The van der Waals surface area contributed by atoms with Crippen LogP contribution in [0.4, 0.5) is 5.69 Å². The van der Waals surface area contributed by atoms with Crippen molar-refractivity contribution in [3.8, 4) is 5.75 Å². The Morgan fingerprint density at radius 1 is 1.47 bits per heavy atom. The van der Waals surface area contributed by atoms with Gasteiger partial charge in [0.25, 0.3) is 0 Å². The minimum absolute atomic E-state index is 0.571. The number of thioether (sulfide) groups is 1. The number of amidine groups is 1. The first-order valence-corrected chi connectivity index (χ1v) is 5.78. The molecule has 0 saturated carbocycles. The van der Waals surface area contributed by atoms with Gasteiger partial charge in [-0.05, 0) is 12.1 Å². The van der Waals surface area contributed by atoms with Crippen molar-refractivity contribution in [2.75, 3.05) is 19.0 Å². The average Bonchev–Trinajstić information content (AvgIpc) is 2.65. The van der Waals surface area contributed by atoms with Crippen LogP contribution in [0.25, 0.3) is 0 Å². The van der Waals surface area contributed by atoms with E-state index >= 15 is 0 Å². The summed E-state index contributed by atoms with van der Waals surface area (Å²) in [4.78, 5) is 4.40. The zero-order valence-electron chi connectivity index (χ0n) is 8.86. The molecule has 1 aliphatic rings. The standard InChI is InChI=1S/C11H14N2OS/c1-8-7-12-11(15-8)13-9-5-3-4-6-10(9)14-2/h3-6,8H,7H2,1-2H3,(H,12,13)/t8-/m0/s1. The molecule has 1 aromatic rings. The molecule has 80 valence electrons. The molecule has 4 heteroatoms. The van der Waals surface area contributed by atoms with Gasteiger partial charge in [0.05, 0.1) is 19.3 Å². The number of aliphatic imine (C=N–C) groups is 1. The van der Waals surface area contributed by atoms with E-state index in [0.29, 0.717) is 5.25 Å². The van der Waals surface area contributed by atoms with Crippen molar-refractivity contribution in [3.05, 3.63) is 24.3 Å². The number of ether oxygens (including phenoxy) is 1. The Bertz CT molecular complexity index is 379. The zero-order chi connectivity index (χ0) is 10.7. The second-order valence-corrected chi connectivity index (χ2v) is 4.83. The molecule has 1 aliphatic heterocycles. The molecule has 1 aromatic carbocycles. The van der Waals surface area contributed by atoms with Crippen LogP contribution in [0.5, 0.6) is 5.75 Å². The van der Waals surface area contributed by atoms with Gasteiger partial charge in [-0.25, -0.2) is 0 Å². The molecule has 0 aromatic heterocycles. The number of hydrogen-bond donors (Lipinski definition) is 1. The van der Waals surface area contributed by atoms with Gasteiger partial charge in [0.2, 0.25) is 0 Å². The molecule has 0 amide bonds. The zero-order valence-corrected chi connectivity index (χ0v) is 9.67. The van der Waals surface area contributed by atoms with Crippen molar-refractivity contribution in [2.24, 2.45) is 4.99 Å². The summed E-state index contributed by atoms with van der Waals surface area (Å²) in [6.07, 6.45) is 0. The molecule has 3 nitrogen and oxygen atoms in total. The van der Waals surface area contributed by atoms with E-state index in [2.05, 4.69) is 17.2 Å². The Kier molecular flexibility index (Phi) is 3.16. The number of benzene rings is 1. The molecular formula is C11H14N2OS. The van der Waals surface area contributed by atoms with Gasteiger partial charge in [-0.15, -0.1) is 0 Å². The topological polar surface area (TPSA) is 33.6 Å². The number of para-hydroxylation sites is 2. The van der Waals surface area contributed by atoms with E-state index in [9.17, 15) is 0 Å². The van der Waals surface area contributed by atoms with Crippen molar-refractivity contribution < 1.29 is 4.74 Å². The normalized spacial score (nSPS) is 19.9. The largest absolute Gasteiger partial charge is 0.495 e. The summed E-state index contributed by atoms with van der Waals surface area (Å²) in [6, 6.07) is 7.86. The Morgan fingerprint density at radius 2 is 2.27 bits per heavy atom. The van der Waals surface area contributed by atoms with Crippen LogP contribution in [-0.4, -0.2) is 24.1 Å². The molecule has 1 N–H and O–H groups in total. The quantitative estimate of drug-likeness (QED) is 0.835.